The van der Waals surface area contributed by atoms with Crippen molar-refractivity contribution >= 4 is 17.7 Å². The van der Waals surface area contributed by atoms with Crippen molar-refractivity contribution in [3.8, 4) is 17.6 Å². The van der Waals surface area contributed by atoms with Gasteiger partial charge in [0, 0.05) is 16.0 Å². The maximum absolute atomic E-state index is 10.7. The van der Waals surface area contributed by atoms with Crippen molar-refractivity contribution < 1.29 is 14.6 Å². The van der Waals surface area contributed by atoms with E-state index in [2.05, 4.69) is 54.9 Å². The number of hydrogen-bond acceptors (Lipinski definition) is 5. The number of carbonyl (C=O) groups is 1. The Hall–Kier alpha value is -2.52. The Morgan fingerprint density at radius 1 is 1.30 bits per heavy atom. The number of aromatic nitrogens is 2. The molecule has 0 radical (unpaired) electrons. The van der Waals surface area contributed by atoms with Crippen molar-refractivity contribution in [1.82, 2.24) is 10.2 Å². The first kappa shape index (κ1) is 19.2. The summed E-state index contributed by atoms with van der Waals surface area (Å²) in [5, 5.41) is 16.7. The molecule has 0 aliphatic carbocycles. The van der Waals surface area contributed by atoms with Crippen LogP contribution in [0.3, 0.4) is 0 Å². The van der Waals surface area contributed by atoms with Crippen molar-refractivity contribution in [2.75, 3.05) is 12.4 Å². The Morgan fingerprint density at radius 2 is 2.11 bits per heavy atom. The van der Waals surface area contributed by atoms with E-state index in [4.69, 9.17) is 9.84 Å². The standard InChI is InChI=1S/C21H22N2O3S/c1-4-27-19-13-18-17(21(2,3)9-10-26-18)11-14(19)5-6-15-7-8-16(23-22-15)12-20(24)25/h7-8,11,13H,4,9-10,12H2,1-3H3,(H,24,25). The fourth-order valence-electron chi connectivity index (χ4n) is 2.94. The molecule has 0 bridgehead atoms. The molecule has 1 N–H and O–H groups in total. The minimum absolute atomic E-state index is 0.0533. The van der Waals surface area contributed by atoms with Gasteiger partial charge in [0.2, 0.25) is 0 Å². The van der Waals surface area contributed by atoms with Crippen LogP contribution in [0.15, 0.2) is 29.2 Å². The molecule has 0 spiro atoms. The second-order valence-corrected chi connectivity index (χ2v) is 8.30. The predicted molar refractivity (Wildman–Crippen MR) is 105 cm³/mol. The number of ether oxygens (including phenoxy) is 1. The molecule has 1 aromatic heterocycles. The average Bonchev–Trinajstić information content (AvgIpc) is 2.61. The monoisotopic (exact) mass is 382 g/mol. The summed E-state index contributed by atoms with van der Waals surface area (Å²) >= 11 is 1.74. The first-order valence-electron chi connectivity index (χ1n) is 8.89. The van der Waals surface area contributed by atoms with Gasteiger partial charge in [-0.15, -0.1) is 16.9 Å². The summed E-state index contributed by atoms with van der Waals surface area (Å²) < 4.78 is 5.88. The van der Waals surface area contributed by atoms with Gasteiger partial charge in [0.15, 0.2) is 0 Å². The van der Waals surface area contributed by atoms with Gasteiger partial charge in [-0.05, 0) is 47.8 Å². The lowest BCUT2D eigenvalue weighted by Crippen LogP contribution is -2.26. The van der Waals surface area contributed by atoms with Crippen molar-refractivity contribution in [2.45, 2.75) is 43.9 Å². The fraction of sp³-hybridized carbons (Fsp3) is 0.381. The summed E-state index contributed by atoms with van der Waals surface area (Å²) in [6.07, 6.45) is 0.835. The van der Waals surface area contributed by atoms with Crippen LogP contribution in [0, 0.1) is 11.8 Å². The third kappa shape index (κ3) is 4.61. The number of nitrogens with zero attached hydrogens (tertiary/aromatic N) is 2. The summed E-state index contributed by atoms with van der Waals surface area (Å²) in [6.45, 7) is 7.30. The Bertz CT molecular complexity index is 912. The number of hydrogen-bond donors (Lipinski definition) is 1. The van der Waals surface area contributed by atoms with E-state index in [1.807, 2.05) is 0 Å². The second kappa shape index (κ2) is 8.01. The molecule has 6 heteroatoms. The highest BCUT2D eigenvalue weighted by Gasteiger charge is 2.29. The van der Waals surface area contributed by atoms with Crippen LogP contribution in [-0.2, 0) is 16.6 Å². The smallest absolute Gasteiger partial charge is 0.309 e. The quantitative estimate of drug-likeness (QED) is 0.642. The van der Waals surface area contributed by atoms with Crippen LogP contribution in [0.5, 0.6) is 5.75 Å². The molecule has 1 aromatic carbocycles. The number of carboxylic acids is 1. The Balaban J connectivity index is 1.94. The third-order valence-corrected chi connectivity index (χ3v) is 5.41. The van der Waals surface area contributed by atoms with Gasteiger partial charge in [-0.1, -0.05) is 26.7 Å². The highest BCUT2D eigenvalue weighted by molar-refractivity contribution is 7.99. The van der Waals surface area contributed by atoms with Gasteiger partial charge < -0.3 is 9.84 Å². The topological polar surface area (TPSA) is 72.3 Å². The zero-order chi connectivity index (χ0) is 19.4. The molecule has 0 unspecified atom stereocenters. The first-order valence-corrected chi connectivity index (χ1v) is 9.88. The molecule has 0 atom stereocenters. The zero-order valence-corrected chi connectivity index (χ0v) is 16.5. The van der Waals surface area contributed by atoms with Crippen LogP contribution in [0.4, 0.5) is 0 Å². The highest BCUT2D eigenvalue weighted by Crippen LogP contribution is 2.41. The Labute approximate surface area is 163 Å². The van der Waals surface area contributed by atoms with Gasteiger partial charge in [-0.3, -0.25) is 4.79 Å². The van der Waals surface area contributed by atoms with Gasteiger partial charge in [-0.2, -0.15) is 5.10 Å². The van der Waals surface area contributed by atoms with Gasteiger partial charge in [-0.25, -0.2) is 0 Å². The van der Waals surface area contributed by atoms with Crippen molar-refractivity contribution in [3.63, 3.8) is 0 Å². The summed E-state index contributed by atoms with van der Waals surface area (Å²) in [4.78, 5) is 11.8. The van der Waals surface area contributed by atoms with Crippen LogP contribution in [-0.4, -0.2) is 33.6 Å². The maximum atomic E-state index is 10.7. The number of rotatable bonds is 4. The summed E-state index contributed by atoms with van der Waals surface area (Å²) in [7, 11) is 0. The van der Waals surface area contributed by atoms with Gasteiger partial charge in [0.1, 0.15) is 11.4 Å². The second-order valence-electron chi connectivity index (χ2n) is 6.99. The SMILES string of the molecule is CCSc1cc2c(cc1C#Cc1ccc(CC(=O)O)nn1)C(C)(C)CCO2. The number of benzene rings is 1. The molecule has 2 aromatic rings. The van der Waals surface area contributed by atoms with Gasteiger partial charge in [0.25, 0.3) is 0 Å². The number of thioether (sulfide) groups is 1. The summed E-state index contributed by atoms with van der Waals surface area (Å²) in [6, 6.07) is 7.58. The Kier molecular flexibility index (Phi) is 5.71. The fourth-order valence-corrected chi connectivity index (χ4v) is 3.71. The lowest BCUT2D eigenvalue weighted by atomic mass is 9.79. The normalized spacial score (nSPS) is 14.5. The predicted octanol–water partition coefficient (Wildman–Crippen LogP) is 3.68. The molecule has 140 valence electrons. The number of carboxylic acid groups (broad SMARTS) is 1. The third-order valence-electron chi connectivity index (χ3n) is 4.47. The summed E-state index contributed by atoms with van der Waals surface area (Å²) in [5.41, 5.74) is 3.13. The molecule has 2 heterocycles. The van der Waals surface area contributed by atoms with Crippen LogP contribution >= 0.6 is 11.8 Å². The van der Waals surface area contributed by atoms with E-state index >= 15 is 0 Å². The minimum atomic E-state index is -0.928. The molecule has 1 aliphatic heterocycles. The van der Waals surface area contributed by atoms with Crippen LogP contribution in [0.1, 0.15) is 49.7 Å². The van der Waals surface area contributed by atoms with Gasteiger partial charge in [0.05, 0.1) is 18.7 Å². The van der Waals surface area contributed by atoms with Gasteiger partial charge >= 0.3 is 5.97 Å². The number of aliphatic carboxylic acids is 1. The molecular weight excluding hydrogens is 360 g/mol. The molecule has 5 nitrogen and oxygen atoms in total. The molecular formula is C21H22N2O3S. The van der Waals surface area contributed by atoms with Crippen LogP contribution < -0.4 is 4.74 Å². The minimum Gasteiger partial charge on any atom is -0.493 e. The number of fused-ring (bicyclic) bond motifs is 1. The van der Waals surface area contributed by atoms with E-state index in [-0.39, 0.29) is 11.8 Å². The van der Waals surface area contributed by atoms with E-state index in [0.29, 0.717) is 11.4 Å². The maximum Gasteiger partial charge on any atom is 0.309 e. The van der Waals surface area contributed by atoms with Crippen molar-refractivity contribution in [2.24, 2.45) is 0 Å². The first-order chi connectivity index (χ1) is 12.9. The molecule has 0 saturated heterocycles. The van der Waals surface area contributed by atoms with E-state index in [1.54, 1.807) is 23.9 Å². The molecule has 1 aliphatic rings. The summed E-state index contributed by atoms with van der Waals surface area (Å²) in [5.74, 6) is 7.23. The lowest BCUT2D eigenvalue weighted by Gasteiger charge is -2.33. The zero-order valence-electron chi connectivity index (χ0n) is 15.7. The van der Waals surface area contributed by atoms with E-state index in [9.17, 15) is 4.79 Å². The highest BCUT2D eigenvalue weighted by atomic mass is 32.2. The lowest BCUT2D eigenvalue weighted by molar-refractivity contribution is -0.136. The van der Waals surface area contributed by atoms with E-state index < -0.39 is 5.97 Å². The van der Waals surface area contributed by atoms with Crippen LogP contribution in [0.25, 0.3) is 0 Å². The molecule has 3 rings (SSSR count). The average molecular weight is 382 g/mol. The van der Waals surface area contributed by atoms with Crippen molar-refractivity contribution in [1.29, 1.82) is 0 Å². The Morgan fingerprint density at radius 3 is 2.78 bits per heavy atom. The molecule has 0 fully saturated rings. The molecule has 27 heavy (non-hydrogen) atoms. The molecule has 0 amide bonds. The van der Waals surface area contributed by atoms with Crippen molar-refractivity contribution in [3.05, 3.63) is 46.8 Å². The largest absolute Gasteiger partial charge is 0.493 e. The van der Waals surface area contributed by atoms with E-state index in [0.717, 1.165) is 35.0 Å². The van der Waals surface area contributed by atoms with E-state index in [1.165, 1.54) is 5.56 Å². The van der Waals surface area contributed by atoms with Crippen LogP contribution in [0.2, 0.25) is 0 Å². The molecule has 0 saturated carbocycles.